The van der Waals surface area contributed by atoms with Crippen LogP contribution in [0.15, 0.2) is 0 Å². The Labute approximate surface area is 77.6 Å². The zero-order chi connectivity index (χ0) is 11.4. The molecule has 0 rings (SSSR count). The van der Waals surface area contributed by atoms with E-state index in [0.717, 1.165) is 5.64 Å². The lowest BCUT2D eigenvalue weighted by molar-refractivity contribution is -1.07. The van der Waals surface area contributed by atoms with E-state index in [0.29, 0.717) is 0 Å². The third-order valence-electron chi connectivity index (χ3n) is 0.554. The Morgan fingerprint density at radius 1 is 0.929 bits per heavy atom. The lowest BCUT2D eigenvalue weighted by Crippen LogP contribution is -2.82. The van der Waals surface area contributed by atoms with Crippen LogP contribution in [0.4, 0.5) is 17.3 Å². The summed E-state index contributed by atoms with van der Waals surface area (Å²) in [6.07, 6.45) is 0. The van der Waals surface area contributed by atoms with E-state index in [1.165, 1.54) is 0 Å². The van der Waals surface area contributed by atoms with Crippen LogP contribution < -0.4 is 5.64 Å². The molecule has 0 fully saturated rings. The summed E-state index contributed by atoms with van der Waals surface area (Å²) in [5.74, 6) is 0. The Hall–Kier alpha value is -0.415. The number of quaternary nitrogens is 1. The van der Waals surface area contributed by atoms with Crippen LogP contribution in [-0.2, 0) is 9.68 Å². The van der Waals surface area contributed by atoms with Gasteiger partial charge in [0.1, 0.15) is 13.2 Å². The minimum absolute atomic E-state index is 0.0288. The number of hydrogen-bond donors (Lipinski definition) is 3. The highest BCUT2D eigenvalue weighted by atomic mass is 19.5. The number of halogens is 4. The highest BCUT2D eigenvalue weighted by Crippen LogP contribution is 2.06. The molecule has 0 aromatic rings. The molecular formula is C4H12BF4NO4. The summed E-state index contributed by atoms with van der Waals surface area (Å²) in [7, 11) is -6.00. The van der Waals surface area contributed by atoms with Gasteiger partial charge in [-0.15, -0.1) is 0 Å². The fraction of sp³-hybridized carbons (Fsp3) is 1.00. The van der Waals surface area contributed by atoms with Crippen molar-refractivity contribution in [2.45, 2.75) is 0 Å². The highest BCUT2D eigenvalue weighted by molar-refractivity contribution is 6.50. The van der Waals surface area contributed by atoms with Gasteiger partial charge in [0.15, 0.2) is 0 Å². The van der Waals surface area contributed by atoms with Crippen molar-refractivity contribution in [1.82, 2.24) is 0 Å². The molecule has 0 aromatic carbocycles. The molecule has 0 aliphatic rings. The van der Waals surface area contributed by atoms with Crippen molar-refractivity contribution >= 4 is 7.25 Å². The van der Waals surface area contributed by atoms with E-state index in [-0.39, 0.29) is 26.4 Å². The van der Waals surface area contributed by atoms with E-state index >= 15 is 0 Å². The number of aliphatic hydroxyl groups is 2. The second-order valence-corrected chi connectivity index (χ2v) is 1.78. The molecule has 0 saturated heterocycles. The fourth-order valence-electron chi connectivity index (χ4n) is 0.250. The first-order valence-corrected chi connectivity index (χ1v) is 3.55. The quantitative estimate of drug-likeness (QED) is 0.227. The third kappa shape index (κ3) is 41.6. The average Bonchev–Trinajstić information content (AvgIpc) is 2.01. The van der Waals surface area contributed by atoms with Crippen LogP contribution in [-0.4, -0.2) is 43.9 Å². The van der Waals surface area contributed by atoms with Crippen LogP contribution >= 0.6 is 0 Å². The molecule has 10 heteroatoms. The molecule has 0 aliphatic carbocycles. The monoisotopic (exact) mass is 225 g/mol. The first-order chi connectivity index (χ1) is 6.41. The molecule has 0 atom stereocenters. The first kappa shape index (κ1) is 16.0. The van der Waals surface area contributed by atoms with Crippen molar-refractivity contribution in [3.63, 3.8) is 0 Å². The first-order valence-electron chi connectivity index (χ1n) is 3.55. The molecule has 0 unspecified atom stereocenters. The molecule has 88 valence electrons. The summed E-state index contributed by atoms with van der Waals surface area (Å²) in [6, 6.07) is 0. The largest absolute Gasteiger partial charge is 0.673 e. The molecule has 14 heavy (non-hydrogen) atoms. The van der Waals surface area contributed by atoms with E-state index in [1.807, 2.05) is 0 Å². The summed E-state index contributed by atoms with van der Waals surface area (Å²) in [4.78, 5) is 9.15. The van der Waals surface area contributed by atoms with E-state index < -0.39 is 7.25 Å². The Bertz CT molecular complexity index is 104. The second-order valence-electron chi connectivity index (χ2n) is 1.78. The molecule has 0 radical (unpaired) electrons. The average molecular weight is 225 g/mol. The Morgan fingerprint density at radius 2 is 1.21 bits per heavy atom. The topological polar surface area (TPSA) is 75.5 Å². The van der Waals surface area contributed by atoms with Gasteiger partial charge in [0.2, 0.25) is 0 Å². The smallest absolute Gasteiger partial charge is 0.418 e. The number of aliphatic hydroxyl groups excluding tert-OH is 2. The second kappa shape index (κ2) is 10.7. The maximum Gasteiger partial charge on any atom is 0.673 e. The molecule has 5 nitrogen and oxygen atoms in total. The van der Waals surface area contributed by atoms with E-state index in [4.69, 9.17) is 10.2 Å². The van der Waals surface area contributed by atoms with Gasteiger partial charge in [-0.3, -0.25) is 0 Å². The SMILES string of the molecule is F[B-](F)(F)F.OCCO[NH2+]OCCO. The van der Waals surface area contributed by atoms with Crippen LogP contribution in [0.2, 0.25) is 0 Å². The van der Waals surface area contributed by atoms with E-state index in [2.05, 4.69) is 9.68 Å². The molecular weight excluding hydrogens is 213 g/mol. The zero-order valence-corrected chi connectivity index (χ0v) is 7.21. The maximum atomic E-state index is 9.75. The Morgan fingerprint density at radius 3 is 1.43 bits per heavy atom. The standard InChI is InChI=1S/C4H12NO4.BF4/c6-1-3-8-5-9-4-2-7;2-1(3,4)5/h6-7H,1-5H2;/q+1;-1. The highest BCUT2D eigenvalue weighted by Gasteiger charge is 2.20. The molecule has 0 bridgehead atoms. The number of nitrogens with two attached hydrogens (primary N) is 1. The molecule has 0 amide bonds. The molecule has 0 saturated carbocycles. The Balaban J connectivity index is 0. The lowest BCUT2D eigenvalue weighted by atomic mass is 10.3. The van der Waals surface area contributed by atoms with E-state index in [1.54, 1.807) is 0 Å². The van der Waals surface area contributed by atoms with Gasteiger partial charge in [-0.1, -0.05) is 5.64 Å². The van der Waals surface area contributed by atoms with Crippen LogP contribution in [0.3, 0.4) is 0 Å². The zero-order valence-electron chi connectivity index (χ0n) is 7.21. The van der Waals surface area contributed by atoms with Gasteiger partial charge in [-0.25, -0.2) is 0 Å². The third-order valence-corrected chi connectivity index (χ3v) is 0.554. The van der Waals surface area contributed by atoms with Crippen LogP contribution in [0.25, 0.3) is 0 Å². The summed E-state index contributed by atoms with van der Waals surface area (Å²) >= 11 is 0. The minimum atomic E-state index is -6.00. The van der Waals surface area contributed by atoms with Crippen LogP contribution in [0, 0.1) is 0 Å². The number of rotatable bonds is 6. The lowest BCUT2D eigenvalue weighted by Gasteiger charge is -1.96. The van der Waals surface area contributed by atoms with Crippen molar-refractivity contribution in [1.29, 1.82) is 0 Å². The summed E-state index contributed by atoms with van der Waals surface area (Å²) in [5.41, 5.74) is 1.10. The predicted octanol–water partition coefficient (Wildman–Crippen LogP) is -1.30. The molecule has 0 aliphatic heterocycles. The van der Waals surface area contributed by atoms with Gasteiger partial charge in [0.25, 0.3) is 0 Å². The van der Waals surface area contributed by atoms with Crippen molar-refractivity contribution in [3.8, 4) is 0 Å². The van der Waals surface area contributed by atoms with Crippen molar-refractivity contribution in [2.75, 3.05) is 26.4 Å². The van der Waals surface area contributed by atoms with Gasteiger partial charge < -0.3 is 27.5 Å². The molecule has 0 aromatic heterocycles. The van der Waals surface area contributed by atoms with Gasteiger partial charge in [-0.05, 0) is 0 Å². The molecule has 4 N–H and O–H groups in total. The van der Waals surface area contributed by atoms with Crippen LogP contribution in [0.1, 0.15) is 0 Å². The van der Waals surface area contributed by atoms with Gasteiger partial charge in [0.05, 0.1) is 13.2 Å². The Kier molecular flexibility index (Phi) is 12.2. The molecule has 0 spiro atoms. The number of hydrogen-bond acceptors (Lipinski definition) is 4. The van der Waals surface area contributed by atoms with Gasteiger partial charge >= 0.3 is 7.25 Å². The fourth-order valence-corrected chi connectivity index (χ4v) is 0.250. The maximum absolute atomic E-state index is 9.75. The van der Waals surface area contributed by atoms with Crippen molar-refractivity contribution in [2.24, 2.45) is 0 Å². The van der Waals surface area contributed by atoms with Gasteiger partial charge in [0, 0.05) is 0 Å². The summed E-state index contributed by atoms with van der Waals surface area (Å²) < 4.78 is 39.0. The summed E-state index contributed by atoms with van der Waals surface area (Å²) in [6.45, 7) is 0.398. The van der Waals surface area contributed by atoms with E-state index in [9.17, 15) is 17.3 Å². The van der Waals surface area contributed by atoms with Crippen LogP contribution in [0.5, 0.6) is 0 Å². The predicted molar refractivity (Wildman–Crippen MR) is 38.2 cm³/mol. The minimum Gasteiger partial charge on any atom is -0.418 e. The summed E-state index contributed by atoms with van der Waals surface area (Å²) in [5, 5.41) is 16.3. The van der Waals surface area contributed by atoms with Crippen molar-refractivity contribution < 1.29 is 42.8 Å². The normalized spacial score (nSPS) is 10.7. The van der Waals surface area contributed by atoms with Crippen molar-refractivity contribution in [3.05, 3.63) is 0 Å². The molecule has 0 heterocycles. The van der Waals surface area contributed by atoms with Gasteiger partial charge in [-0.2, -0.15) is 9.68 Å².